The highest BCUT2D eigenvalue weighted by Crippen LogP contribution is 2.41. The second-order valence-corrected chi connectivity index (χ2v) is 15.6. The van der Waals surface area contributed by atoms with Gasteiger partial charge in [-0.2, -0.15) is 0 Å². The number of unbranched alkanes of at least 4 members (excludes halogenated alkanes) is 17. The van der Waals surface area contributed by atoms with Crippen LogP contribution in [0.2, 0.25) is 0 Å². The molecule has 0 aliphatic rings. The molecule has 0 aliphatic carbocycles. The van der Waals surface area contributed by atoms with Gasteiger partial charge < -0.3 is 10.2 Å². The van der Waals surface area contributed by atoms with Gasteiger partial charge in [0.2, 0.25) is 0 Å². The molecule has 2 atom stereocenters. The molecular formula is C36H68NO2P. The van der Waals surface area contributed by atoms with Crippen molar-refractivity contribution in [2.24, 2.45) is 0 Å². The molecule has 0 saturated heterocycles. The summed E-state index contributed by atoms with van der Waals surface area (Å²) in [6.45, 7) is 16.1. The van der Waals surface area contributed by atoms with Gasteiger partial charge in [0.1, 0.15) is 11.7 Å². The minimum Gasteiger partial charge on any atom is -0.507 e. The molecule has 0 amide bonds. The van der Waals surface area contributed by atoms with Crippen molar-refractivity contribution < 1.29 is 10.2 Å². The topological polar surface area (TPSA) is 52.5 Å². The maximum atomic E-state index is 10.9. The summed E-state index contributed by atoms with van der Waals surface area (Å²) < 4.78 is 0. The molecule has 3 N–H and O–H groups in total. The van der Waals surface area contributed by atoms with Crippen LogP contribution in [0.15, 0.2) is 12.1 Å². The number of aliphatic hydroxyl groups is 1. The van der Waals surface area contributed by atoms with E-state index in [0.29, 0.717) is 14.3 Å². The summed E-state index contributed by atoms with van der Waals surface area (Å²) in [7, 11) is 0.413. The molecule has 1 rings (SSSR count). The smallest absolute Gasteiger partial charge is 0.123 e. The molecule has 0 heterocycles. The van der Waals surface area contributed by atoms with Crippen molar-refractivity contribution in [3.8, 4) is 5.75 Å². The van der Waals surface area contributed by atoms with Gasteiger partial charge in [-0.1, -0.05) is 178 Å². The lowest BCUT2D eigenvalue weighted by Gasteiger charge is -2.28. The van der Waals surface area contributed by atoms with Crippen LogP contribution in [0.1, 0.15) is 181 Å². The number of nitrogens with one attached hydrogen (secondary N) is 1. The second kappa shape index (κ2) is 21.1. The maximum Gasteiger partial charge on any atom is 0.123 e. The Morgan fingerprint density at radius 3 is 1.32 bits per heavy atom. The number of hydrogen-bond acceptors (Lipinski definition) is 3. The number of aromatic hydroxyl groups is 1. The molecule has 234 valence electrons. The highest BCUT2D eigenvalue weighted by molar-refractivity contribution is 7.37. The summed E-state index contributed by atoms with van der Waals surface area (Å²) >= 11 is 0. The SMILES string of the molecule is CCCCCCCCCCCCCCCCCCCCNC(O)PCc1cc(C(C)(C)C)c(O)c(C(C)(C)C)c1. The molecule has 0 aromatic heterocycles. The van der Waals surface area contributed by atoms with Gasteiger partial charge in [-0.05, 0) is 46.6 Å². The van der Waals surface area contributed by atoms with E-state index in [4.69, 9.17) is 0 Å². The first-order valence-corrected chi connectivity index (χ1v) is 18.3. The zero-order valence-corrected chi connectivity index (χ0v) is 28.8. The fourth-order valence-corrected chi connectivity index (χ4v) is 6.41. The summed E-state index contributed by atoms with van der Waals surface area (Å²) in [5, 5.41) is 24.8. The van der Waals surface area contributed by atoms with Crippen molar-refractivity contribution in [1.29, 1.82) is 0 Å². The summed E-state index contributed by atoms with van der Waals surface area (Å²) in [6, 6.07) is 4.28. The summed E-state index contributed by atoms with van der Waals surface area (Å²) in [5.74, 6) is -0.0180. The minimum atomic E-state index is -0.448. The van der Waals surface area contributed by atoms with E-state index in [1.807, 2.05) is 0 Å². The van der Waals surface area contributed by atoms with Gasteiger partial charge in [0, 0.05) is 0 Å². The van der Waals surface area contributed by atoms with Gasteiger partial charge in [-0.3, -0.25) is 5.32 Å². The van der Waals surface area contributed by atoms with Crippen molar-refractivity contribution in [1.82, 2.24) is 5.32 Å². The monoisotopic (exact) mass is 577 g/mol. The van der Waals surface area contributed by atoms with Crippen LogP contribution in [0.4, 0.5) is 0 Å². The van der Waals surface area contributed by atoms with Gasteiger partial charge in [0.05, 0.1) is 0 Å². The second-order valence-electron chi connectivity index (χ2n) is 14.3. The Hall–Kier alpha value is -0.630. The number of aliphatic hydroxyl groups excluding tert-OH is 1. The molecule has 1 aromatic carbocycles. The number of benzene rings is 1. The van der Waals surface area contributed by atoms with Crippen molar-refractivity contribution in [2.45, 2.75) is 187 Å². The molecule has 0 fully saturated rings. The van der Waals surface area contributed by atoms with E-state index in [1.165, 1.54) is 115 Å². The van der Waals surface area contributed by atoms with Crippen LogP contribution in [-0.2, 0) is 17.0 Å². The summed E-state index contributed by atoms with van der Waals surface area (Å²) in [4.78, 5) is 0. The van der Waals surface area contributed by atoms with Crippen molar-refractivity contribution in [2.75, 3.05) is 6.54 Å². The molecule has 1 aromatic rings. The van der Waals surface area contributed by atoms with E-state index in [-0.39, 0.29) is 10.8 Å². The van der Waals surface area contributed by atoms with Gasteiger partial charge in [-0.25, -0.2) is 0 Å². The van der Waals surface area contributed by atoms with E-state index in [9.17, 15) is 10.2 Å². The summed E-state index contributed by atoms with van der Waals surface area (Å²) in [5.41, 5.74) is 2.97. The van der Waals surface area contributed by atoms with Crippen LogP contribution in [0.25, 0.3) is 0 Å². The lowest BCUT2D eigenvalue weighted by Crippen LogP contribution is -2.25. The number of phenols is 1. The van der Waals surface area contributed by atoms with E-state index in [0.717, 1.165) is 30.3 Å². The normalized spacial score (nSPS) is 13.5. The van der Waals surface area contributed by atoms with Gasteiger partial charge in [0.15, 0.2) is 0 Å². The Labute approximate surface area is 251 Å². The zero-order chi connectivity index (χ0) is 29.9. The molecule has 3 nitrogen and oxygen atoms in total. The lowest BCUT2D eigenvalue weighted by atomic mass is 9.78. The Bertz CT molecular complexity index is 730. The molecule has 0 spiro atoms. The largest absolute Gasteiger partial charge is 0.507 e. The van der Waals surface area contributed by atoms with Gasteiger partial charge >= 0.3 is 0 Å². The number of phenolic OH excluding ortho intramolecular Hbond substituents is 1. The number of hydrogen-bond donors (Lipinski definition) is 3. The highest BCUT2D eigenvalue weighted by atomic mass is 31.1. The molecule has 0 bridgehead atoms. The predicted molar refractivity (Wildman–Crippen MR) is 180 cm³/mol. The Morgan fingerprint density at radius 1 is 0.625 bits per heavy atom. The standard InChI is InChI=1S/C36H68NO2P/c1-8-9-10-11-12-13-14-15-16-17-18-19-20-21-22-23-24-25-26-37-34(39)40-29-30-27-31(35(2,3)4)33(38)32(28-30)36(5,6)7/h27-28,34,37-40H,8-26,29H2,1-7H3. The maximum absolute atomic E-state index is 10.9. The first kappa shape index (κ1) is 37.4. The molecule has 0 saturated carbocycles. The van der Waals surface area contributed by atoms with E-state index < -0.39 is 5.97 Å². The minimum absolute atomic E-state index is 0.118. The molecule has 2 unspecified atom stereocenters. The fourth-order valence-electron chi connectivity index (χ4n) is 5.49. The van der Waals surface area contributed by atoms with Gasteiger partial charge in [0.25, 0.3) is 0 Å². The van der Waals surface area contributed by atoms with E-state index in [1.54, 1.807) is 0 Å². The predicted octanol–water partition coefficient (Wildman–Crippen LogP) is 11.1. The Kier molecular flexibility index (Phi) is 19.7. The molecular weight excluding hydrogens is 509 g/mol. The zero-order valence-electron chi connectivity index (χ0n) is 27.8. The van der Waals surface area contributed by atoms with Crippen LogP contribution in [-0.4, -0.2) is 22.7 Å². The third kappa shape index (κ3) is 17.4. The van der Waals surface area contributed by atoms with E-state index in [2.05, 4.69) is 65.9 Å². The quantitative estimate of drug-likeness (QED) is 0.0689. The average molecular weight is 578 g/mol. The van der Waals surface area contributed by atoms with Crippen LogP contribution in [0.3, 0.4) is 0 Å². The molecule has 40 heavy (non-hydrogen) atoms. The highest BCUT2D eigenvalue weighted by Gasteiger charge is 2.26. The van der Waals surface area contributed by atoms with Crippen LogP contribution < -0.4 is 5.32 Å². The summed E-state index contributed by atoms with van der Waals surface area (Å²) in [6.07, 6.45) is 25.9. The van der Waals surface area contributed by atoms with Crippen molar-refractivity contribution in [3.63, 3.8) is 0 Å². The Morgan fingerprint density at radius 2 is 0.975 bits per heavy atom. The van der Waals surface area contributed by atoms with Gasteiger partial charge in [-0.15, -0.1) is 0 Å². The van der Waals surface area contributed by atoms with Crippen molar-refractivity contribution >= 4 is 8.58 Å². The number of rotatable bonds is 23. The first-order valence-electron chi connectivity index (χ1n) is 17.0. The molecule has 4 heteroatoms. The lowest BCUT2D eigenvalue weighted by molar-refractivity contribution is 0.220. The van der Waals surface area contributed by atoms with E-state index >= 15 is 0 Å². The fraction of sp³-hybridized carbons (Fsp3) is 0.833. The van der Waals surface area contributed by atoms with Crippen LogP contribution >= 0.6 is 8.58 Å². The Balaban J connectivity index is 2.07. The first-order chi connectivity index (χ1) is 19.0. The third-order valence-electron chi connectivity index (χ3n) is 8.15. The van der Waals surface area contributed by atoms with Crippen molar-refractivity contribution in [3.05, 3.63) is 28.8 Å². The molecule has 0 aliphatic heterocycles. The molecule has 0 radical (unpaired) electrons. The average Bonchev–Trinajstić information content (AvgIpc) is 2.88. The van der Waals surface area contributed by atoms with Crippen LogP contribution in [0, 0.1) is 0 Å². The third-order valence-corrected chi connectivity index (χ3v) is 9.36. The van der Waals surface area contributed by atoms with Crippen LogP contribution in [0.5, 0.6) is 5.75 Å².